The maximum absolute atomic E-state index is 14.0. The maximum Gasteiger partial charge on any atom is 0.322 e. The van der Waals surface area contributed by atoms with Crippen molar-refractivity contribution >= 4 is 21.8 Å². The lowest BCUT2D eigenvalue weighted by Gasteiger charge is -2.24. The molecule has 156 valence electrons. The highest BCUT2D eigenvalue weighted by molar-refractivity contribution is 7.86. The maximum atomic E-state index is 14.0. The molecule has 2 amide bonds. The van der Waals surface area contributed by atoms with Gasteiger partial charge in [0, 0.05) is 13.1 Å². The summed E-state index contributed by atoms with van der Waals surface area (Å²) in [7, 11) is -3.62. The summed E-state index contributed by atoms with van der Waals surface area (Å²) in [5.41, 5.74) is 1.77. The van der Waals surface area contributed by atoms with Crippen molar-refractivity contribution in [3.8, 4) is 5.75 Å². The van der Waals surface area contributed by atoms with Gasteiger partial charge in [-0.15, -0.1) is 0 Å². The fourth-order valence-electron chi connectivity index (χ4n) is 2.81. The Labute approximate surface area is 175 Å². The Kier molecular flexibility index (Phi) is 6.68. The van der Waals surface area contributed by atoms with E-state index >= 15 is 0 Å². The number of carbonyl (C=O) groups excluding carboxylic acids is 1. The van der Waals surface area contributed by atoms with Gasteiger partial charge in [0.15, 0.2) is 0 Å². The van der Waals surface area contributed by atoms with Crippen molar-refractivity contribution in [1.82, 2.24) is 4.90 Å². The van der Waals surface area contributed by atoms with Crippen molar-refractivity contribution in [3.63, 3.8) is 0 Å². The molecule has 0 atom stereocenters. The van der Waals surface area contributed by atoms with Crippen LogP contribution in [0.3, 0.4) is 0 Å². The van der Waals surface area contributed by atoms with E-state index in [9.17, 15) is 17.6 Å². The van der Waals surface area contributed by atoms with E-state index in [2.05, 4.69) is 5.32 Å². The average molecular weight is 428 g/mol. The van der Waals surface area contributed by atoms with Crippen LogP contribution in [0.4, 0.5) is 14.9 Å². The van der Waals surface area contributed by atoms with Gasteiger partial charge in [-0.1, -0.05) is 54.6 Å². The zero-order valence-corrected chi connectivity index (χ0v) is 17.1. The first kappa shape index (κ1) is 21.3. The van der Waals surface area contributed by atoms with Crippen molar-refractivity contribution in [2.24, 2.45) is 0 Å². The van der Waals surface area contributed by atoms with Crippen LogP contribution in [0, 0.1) is 5.82 Å². The fraction of sp³-hybridized carbons (Fsp3) is 0.136. The first-order valence-corrected chi connectivity index (χ1v) is 10.9. The number of halogens is 1. The summed E-state index contributed by atoms with van der Waals surface area (Å²) in [5, 5.41) is 2.60. The van der Waals surface area contributed by atoms with Crippen molar-refractivity contribution in [1.29, 1.82) is 0 Å². The Balaban J connectivity index is 1.78. The molecule has 0 saturated heterocycles. The summed E-state index contributed by atoms with van der Waals surface area (Å²) in [6, 6.07) is 21.3. The number of anilines is 1. The zero-order chi connectivity index (χ0) is 21.6. The van der Waals surface area contributed by atoms with Crippen molar-refractivity contribution < 1.29 is 21.8 Å². The molecule has 0 heterocycles. The SMILES string of the molecule is CS(=O)(=O)Oc1ccc(CN(Cc2ccccc2)C(=O)Nc2ccccc2F)cc1. The van der Waals surface area contributed by atoms with Gasteiger partial charge in [0.25, 0.3) is 0 Å². The Bertz CT molecular complexity index is 1100. The lowest BCUT2D eigenvalue weighted by Crippen LogP contribution is -2.34. The number of benzene rings is 3. The molecular weight excluding hydrogens is 407 g/mol. The molecule has 0 spiro atoms. The van der Waals surface area contributed by atoms with Gasteiger partial charge in [-0.3, -0.25) is 0 Å². The first-order chi connectivity index (χ1) is 14.3. The third-order valence-corrected chi connectivity index (χ3v) is 4.66. The Morgan fingerprint density at radius 1 is 0.900 bits per heavy atom. The predicted molar refractivity (Wildman–Crippen MR) is 113 cm³/mol. The van der Waals surface area contributed by atoms with E-state index in [1.165, 1.54) is 29.2 Å². The molecule has 0 aliphatic carbocycles. The van der Waals surface area contributed by atoms with Crippen LogP contribution in [0.1, 0.15) is 11.1 Å². The summed E-state index contributed by atoms with van der Waals surface area (Å²) < 4.78 is 41.3. The highest BCUT2D eigenvalue weighted by atomic mass is 32.2. The second-order valence-corrected chi connectivity index (χ2v) is 8.26. The number of rotatable bonds is 7. The van der Waals surface area contributed by atoms with E-state index in [-0.39, 0.29) is 18.0 Å². The largest absolute Gasteiger partial charge is 0.383 e. The van der Waals surface area contributed by atoms with Gasteiger partial charge in [0.1, 0.15) is 11.6 Å². The normalized spacial score (nSPS) is 11.0. The summed E-state index contributed by atoms with van der Waals surface area (Å²) in [6.45, 7) is 0.539. The highest BCUT2D eigenvalue weighted by Crippen LogP contribution is 2.18. The molecule has 3 aromatic rings. The van der Waals surface area contributed by atoms with Gasteiger partial charge >= 0.3 is 16.1 Å². The minimum absolute atomic E-state index is 0.0949. The standard InChI is InChI=1S/C22H21FN2O4S/c1-30(27,28)29-19-13-11-18(12-14-19)16-25(15-17-7-3-2-4-8-17)22(26)24-21-10-6-5-9-20(21)23/h2-14H,15-16H2,1H3,(H,24,26). The van der Waals surface area contributed by atoms with Crippen LogP contribution in [0.15, 0.2) is 78.9 Å². The van der Waals surface area contributed by atoms with Crippen LogP contribution in [0.2, 0.25) is 0 Å². The summed E-state index contributed by atoms with van der Waals surface area (Å²) in [6.07, 6.45) is 0.968. The van der Waals surface area contributed by atoms with Gasteiger partial charge in [-0.25, -0.2) is 9.18 Å². The Morgan fingerprint density at radius 2 is 1.47 bits per heavy atom. The lowest BCUT2D eigenvalue weighted by molar-refractivity contribution is 0.206. The molecule has 0 saturated carbocycles. The number of nitrogens with one attached hydrogen (secondary N) is 1. The van der Waals surface area contributed by atoms with Gasteiger partial charge in [-0.05, 0) is 35.4 Å². The number of para-hydroxylation sites is 1. The van der Waals surface area contributed by atoms with E-state index in [0.717, 1.165) is 17.4 Å². The molecule has 1 N–H and O–H groups in total. The molecule has 30 heavy (non-hydrogen) atoms. The van der Waals surface area contributed by atoms with Gasteiger partial charge in [-0.2, -0.15) is 8.42 Å². The van der Waals surface area contributed by atoms with Gasteiger partial charge < -0.3 is 14.4 Å². The van der Waals surface area contributed by atoms with Crippen molar-refractivity contribution in [2.75, 3.05) is 11.6 Å². The quantitative estimate of drug-likeness (QED) is 0.566. The second kappa shape index (κ2) is 9.41. The molecule has 8 heteroatoms. The van der Waals surface area contributed by atoms with E-state index in [0.29, 0.717) is 6.54 Å². The molecule has 3 rings (SSSR count). The Morgan fingerprint density at radius 3 is 2.07 bits per heavy atom. The number of amides is 2. The van der Waals surface area contributed by atoms with Crippen LogP contribution in [-0.2, 0) is 23.2 Å². The summed E-state index contributed by atoms with van der Waals surface area (Å²) >= 11 is 0. The first-order valence-electron chi connectivity index (χ1n) is 9.13. The number of hydrogen-bond acceptors (Lipinski definition) is 4. The molecule has 0 aromatic heterocycles. The predicted octanol–water partition coefficient (Wildman–Crippen LogP) is 4.40. The molecule has 0 bridgehead atoms. The molecule has 0 unspecified atom stereocenters. The van der Waals surface area contributed by atoms with Crippen LogP contribution < -0.4 is 9.50 Å². The third kappa shape index (κ3) is 6.31. The molecule has 6 nitrogen and oxygen atoms in total. The van der Waals surface area contributed by atoms with Crippen molar-refractivity contribution in [2.45, 2.75) is 13.1 Å². The van der Waals surface area contributed by atoms with Crippen LogP contribution in [-0.4, -0.2) is 25.6 Å². The van der Waals surface area contributed by atoms with E-state index in [1.807, 2.05) is 30.3 Å². The molecular formula is C22H21FN2O4S. The molecule has 3 aromatic carbocycles. The minimum atomic E-state index is -3.62. The van der Waals surface area contributed by atoms with E-state index < -0.39 is 22.0 Å². The van der Waals surface area contributed by atoms with Crippen molar-refractivity contribution in [3.05, 3.63) is 95.8 Å². The molecule has 0 aliphatic rings. The van der Waals surface area contributed by atoms with E-state index in [1.54, 1.807) is 24.3 Å². The van der Waals surface area contributed by atoms with Gasteiger partial charge in [0.2, 0.25) is 0 Å². The number of hydrogen-bond donors (Lipinski definition) is 1. The van der Waals surface area contributed by atoms with Gasteiger partial charge in [0.05, 0.1) is 11.9 Å². The molecule has 0 radical (unpaired) electrons. The Hall–Kier alpha value is -3.39. The summed E-state index contributed by atoms with van der Waals surface area (Å²) in [4.78, 5) is 14.4. The molecule has 0 aliphatic heterocycles. The van der Waals surface area contributed by atoms with Crippen LogP contribution in [0.5, 0.6) is 5.75 Å². The molecule has 0 fully saturated rings. The summed E-state index contributed by atoms with van der Waals surface area (Å²) in [5.74, 6) is -0.334. The number of urea groups is 1. The highest BCUT2D eigenvalue weighted by Gasteiger charge is 2.17. The van der Waals surface area contributed by atoms with Crippen LogP contribution >= 0.6 is 0 Å². The lowest BCUT2D eigenvalue weighted by atomic mass is 10.1. The van der Waals surface area contributed by atoms with Crippen LogP contribution in [0.25, 0.3) is 0 Å². The number of nitrogens with zero attached hydrogens (tertiary/aromatic N) is 1. The average Bonchev–Trinajstić information content (AvgIpc) is 2.70. The smallest absolute Gasteiger partial charge is 0.322 e. The topological polar surface area (TPSA) is 75.7 Å². The zero-order valence-electron chi connectivity index (χ0n) is 16.3. The number of carbonyl (C=O) groups is 1. The fourth-order valence-corrected chi connectivity index (χ4v) is 3.27. The van der Waals surface area contributed by atoms with E-state index in [4.69, 9.17) is 4.18 Å². The monoisotopic (exact) mass is 428 g/mol. The minimum Gasteiger partial charge on any atom is -0.383 e. The second-order valence-electron chi connectivity index (χ2n) is 6.68. The third-order valence-electron chi connectivity index (χ3n) is 4.16.